The first-order valence-corrected chi connectivity index (χ1v) is 9.06. The average molecular weight is 343 g/mol. The molecule has 2 aromatic rings. The molecule has 0 saturated carbocycles. The maximum Gasteiger partial charge on any atom is 0.165 e. The van der Waals surface area contributed by atoms with Crippen LogP contribution in [0.3, 0.4) is 0 Å². The van der Waals surface area contributed by atoms with Crippen LogP contribution in [0.15, 0.2) is 36.5 Å². The van der Waals surface area contributed by atoms with Gasteiger partial charge in [0.2, 0.25) is 0 Å². The number of hydrogen-bond donors (Lipinski definition) is 0. The van der Waals surface area contributed by atoms with Crippen LogP contribution in [-0.2, 0) is 11.2 Å². The number of aromatic nitrogens is 1. The lowest BCUT2D eigenvalue weighted by atomic mass is 10.1. The predicted octanol–water partition coefficient (Wildman–Crippen LogP) is 5.37. The molecule has 0 atom stereocenters. The van der Waals surface area contributed by atoms with Crippen LogP contribution in [0.1, 0.15) is 51.0 Å². The van der Waals surface area contributed by atoms with Crippen molar-refractivity contribution in [2.75, 3.05) is 6.61 Å². The van der Waals surface area contributed by atoms with Crippen LogP contribution in [0.4, 0.5) is 4.39 Å². The third-order valence-corrected chi connectivity index (χ3v) is 4.11. The fourth-order valence-electron chi connectivity index (χ4n) is 2.63. The number of rotatable bonds is 11. The maximum absolute atomic E-state index is 14.2. The first kappa shape index (κ1) is 19.1. The van der Waals surface area contributed by atoms with Gasteiger partial charge in [0.05, 0.1) is 12.3 Å². The smallest absolute Gasteiger partial charge is 0.165 e. The second kappa shape index (κ2) is 10.6. The van der Waals surface area contributed by atoms with Crippen LogP contribution in [0.2, 0.25) is 0 Å². The van der Waals surface area contributed by atoms with Gasteiger partial charge in [0.25, 0.3) is 0 Å². The highest BCUT2D eigenvalue weighted by atomic mass is 19.1. The molecule has 25 heavy (non-hydrogen) atoms. The van der Waals surface area contributed by atoms with E-state index in [0.717, 1.165) is 30.3 Å². The molecule has 1 heterocycles. The fourth-order valence-corrected chi connectivity index (χ4v) is 2.63. The normalized spacial score (nSPS) is 10.6. The van der Waals surface area contributed by atoms with E-state index < -0.39 is 0 Å². The van der Waals surface area contributed by atoms with Crippen molar-refractivity contribution in [3.05, 3.63) is 47.9 Å². The van der Waals surface area contributed by atoms with Gasteiger partial charge in [-0.2, -0.15) is 0 Å². The molecule has 2 rings (SSSR count). The maximum atomic E-state index is 14.2. The van der Waals surface area contributed by atoms with Gasteiger partial charge in [0.1, 0.15) is 6.29 Å². The van der Waals surface area contributed by atoms with Crippen LogP contribution >= 0.6 is 0 Å². The minimum absolute atomic E-state index is 0.293. The number of ether oxygens (including phenoxy) is 1. The van der Waals surface area contributed by atoms with Crippen molar-refractivity contribution >= 4 is 6.29 Å². The van der Waals surface area contributed by atoms with E-state index in [1.807, 2.05) is 18.2 Å². The van der Waals surface area contributed by atoms with Gasteiger partial charge in [0.15, 0.2) is 11.6 Å². The van der Waals surface area contributed by atoms with Crippen molar-refractivity contribution in [1.82, 2.24) is 4.98 Å². The number of carbonyl (C=O) groups excluding carboxylic acids is 1. The number of aryl methyl sites for hydroxylation is 1. The van der Waals surface area contributed by atoms with Crippen molar-refractivity contribution < 1.29 is 13.9 Å². The molecule has 0 aliphatic rings. The molecule has 0 unspecified atom stereocenters. The van der Waals surface area contributed by atoms with E-state index in [4.69, 9.17) is 4.74 Å². The molecule has 0 aliphatic heterocycles. The predicted molar refractivity (Wildman–Crippen MR) is 98.3 cm³/mol. The monoisotopic (exact) mass is 343 g/mol. The lowest BCUT2D eigenvalue weighted by molar-refractivity contribution is -0.107. The van der Waals surface area contributed by atoms with Gasteiger partial charge in [0, 0.05) is 18.2 Å². The van der Waals surface area contributed by atoms with Gasteiger partial charge in [-0.3, -0.25) is 4.98 Å². The second-order valence-corrected chi connectivity index (χ2v) is 6.16. The van der Waals surface area contributed by atoms with Crippen molar-refractivity contribution in [3.8, 4) is 17.0 Å². The number of halogens is 1. The number of benzene rings is 1. The standard InChI is InChI=1S/C21H26FNO2/c1-2-3-4-5-6-14-25-21-12-10-18(15-19(21)22)20-11-9-17(16-23-20)8-7-13-24/h9-13,15-16H,2-8,14H2,1H3. The van der Waals surface area contributed by atoms with E-state index in [2.05, 4.69) is 11.9 Å². The van der Waals surface area contributed by atoms with Crippen LogP contribution in [-0.4, -0.2) is 17.9 Å². The van der Waals surface area contributed by atoms with E-state index in [9.17, 15) is 9.18 Å². The average Bonchev–Trinajstić information content (AvgIpc) is 2.64. The van der Waals surface area contributed by atoms with Gasteiger partial charge >= 0.3 is 0 Å². The highest BCUT2D eigenvalue weighted by Crippen LogP contribution is 2.25. The second-order valence-electron chi connectivity index (χ2n) is 6.16. The van der Waals surface area contributed by atoms with Gasteiger partial charge < -0.3 is 9.53 Å². The summed E-state index contributed by atoms with van der Waals surface area (Å²) in [5.74, 6) is -0.0697. The van der Waals surface area contributed by atoms with Crippen LogP contribution < -0.4 is 4.74 Å². The number of unbranched alkanes of at least 4 members (excludes halogenated alkanes) is 4. The first-order valence-electron chi connectivity index (χ1n) is 9.06. The molecule has 134 valence electrons. The first-order chi connectivity index (χ1) is 12.2. The summed E-state index contributed by atoms with van der Waals surface area (Å²) >= 11 is 0. The molecular weight excluding hydrogens is 317 g/mol. The molecule has 3 nitrogen and oxygen atoms in total. The number of carbonyl (C=O) groups is 1. The number of aldehydes is 1. The fraction of sp³-hybridized carbons (Fsp3) is 0.429. The van der Waals surface area contributed by atoms with Crippen molar-refractivity contribution in [2.24, 2.45) is 0 Å². The van der Waals surface area contributed by atoms with E-state index >= 15 is 0 Å². The summed E-state index contributed by atoms with van der Waals surface area (Å²) in [6, 6.07) is 8.72. The quantitative estimate of drug-likeness (QED) is 0.407. The van der Waals surface area contributed by atoms with Crippen LogP contribution in [0, 0.1) is 5.82 Å². The molecule has 0 aliphatic carbocycles. The molecule has 1 aromatic carbocycles. The highest BCUT2D eigenvalue weighted by Gasteiger charge is 2.07. The summed E-state index contributed by atoms with van der Waals surface area (Å²) in [4.78, 5) is 14.8. The molecule has 0 N–H and O–H groups in total. The molecule has 0 radical (unpaired) electrons. The Bertz CT molecular complexity index is 655. The van der Waals surface area contributed by atoms with E-state index in [-0.39, 0.29) is 5.82 Å². The Balaban J connectivity index is 1.91. The zero-order chi connectivity index (χ0) is 17.9. The molecule has 0 spiro atoms. The molecule has 0 bridgehead atoms. The van der Waals surface area contributed by atoms with Crippen molar-refractivity contribution in [3.63, 3.8) is 0 Å². The van der Waals surface area contributed by atoms with Crippen LogP contribution in [0.5, 0.6) is 5.75 Å². The molecule has 4 heteroatoms. The van der Waals surface area contributed by atoms with E-state index in [1.54, 1.807) is 12.3 Å². The Morgan fingerprint density at radius 2 is 1.96 bits per heavy atom. The minimum Gasteiger partial charge on any atom is -0.491 e. The van der Waals surface area contributed by atoms with Gasteiger partial charge in [-0.05, 0) is 42.7 Å². The molecule has 0 fully saturated rings. The Kier molecular flexibility index (Phi) is 8.10. The zero-order valence-corrected chi connectivity index (χ0v) is 14.8. The lowest BCUT2D eigenvalue weighted by Crippen LogP contribution is -1.99. The number of pyridine rings is 1. The third kappa shape index (κ3) is 6.29. The Labute approximate surface area is 149 Å². The summed E-state index contributed by atoms with van der Waals surface area (Å²) in [6.07, 6.45) is 9.52. The van der Waals surface area contributed by atoms with Gasteiger partial charge in [-0.15, -0.1) is 0 Å². The van der Waals surface area contributed by atoms with Gasteiger partial charge in [-0.25, -0.2) is 4.39 Å². The van der Waals surface area contributed by atoms with Crippen molar-refractivity contribution in [1.29, 1.82) is 0 Å². The van der Waals surface area contributed by atoms with E-state index in [1.165, 1.54) is 25.3 Å². The molecule has 1 aromatic heterocycles. The summed E-state index contributed by atoms with van der Waals surface area (Å²) in [5.41, 5.74) is 2.42. The molecule has 0 saturated heterocycles. The Hall–Kier alpha value is -2.23. The summed E-state index contributed by atoms with van der Waals surface area (Å²) in [5, 5.41) is 0. The number of nitrogens with zero attached hydrogens (tertiary/aromatic N) is 1. The summed E-state index contributed by atoms with van der Waals surface area (Å²) < 4.78 is 19.8. The Morgan fingerprint density at radius 3 is 2.64 bits per heavy atom. The largest absolute Gasteiger partial charge is 0.491 e. The SMILES string of the molecule is CCCCCCCOc1ccc(-c2ccc(CCC=O)cn2)cc1F. The summed E-state index contributed by atoms with van der Waals surface area (Å²) in [7, 11) is 0. The van der Waals surface area contributed by atoms with Gasteiger partial charge in [-0.1, -0.05) is 38.7 Å². The highest BCUT2D eigenvalue weighted by molar-refractivity contribution is 5.60. The number of hydrogen-bond acceptors (Lipinski definition) is 3. The molecule has 0 amide bonds. The van der Waals surface area contributed by atoms with E-state index in [0.29, 0.717) is 30.9 Å². The third-order valence-electron chi connectivity index (χ3n) is 4.11. The minimum atomic E-state index is -0.363. The van der Waals surface area contributed by atoms with Crippen molar-refractivity contribution in [2.45, 2.75) is 51.9 Å². The Morgan fingerprint density at radius 1 is 1.12 bits per heavy atom. The topological polar surface area (TPSA) is 39.2 Å². The molecular formula is C21H26FNO2. The summed E-state index contributed by atoms with van der Waals surface area (Å²) in [6.45, 7) is 2.73. The lowest BCUT2D eigenvalue weighted by Gasteiger charge is -2.09. The zero-order valence-electron chi connectivity index (χ0n) is 14.8. The van der Waals surface area contributed by atoms with Crippen LogP contribution in [0.25, 0.3) is 11.3 Å².